The molecule has 0 spiro atoms. The van der Waals surface area contributed by atoms with Crippen LogP contribution >= 0.6 is 11.6 Å². The smallest absolute Gasteiger partial charge is 0.183 e. The fraction of sp³-hybridized carbons (Fsp3) is 0.278. The van der Waals surface area contributed by atoms with Gasteiger partial charge >= 0.3 is 0 Å². The molecule has 24 heavy (non-hydrogen) atoms. The number of ether oxygens (including phenoxy) is 1. The van der Waals surface area contributed by atoms with Crippen molar-refractivity contribution >= 4 is 28.8 Å². The molecule has 124 valence electrons. The van der Waals surface area contributed by atoms with Crippen LogP contribution in [0, 0.1) is 0 Å². The van der Waals surface area contributed by atoms with Gasteiger partial charge in [-0.15, -0.1) is 10.2 Å². The minimum Gasteiger partial charge on any atom is -0.492 e. The van der Waals surface area contributed by atoms with Gasteiger partial charge in [-0.1, -0.05) is 37.6 Å². The summed E-state index contributed by atoms with van der Waals surface area (Å²) in [6.07, 6.45) is 1.80. The van der Waals surface area contributed by atoms with Crippen LogP contribution in [0.3, 0.4) is 0 Å². The molecule has 3 rings (SSSR count). The van der Waals surface area contributed by atoms with E-state index >= 15 is 0 Å². The second kappa shape index (κ2) is 7.01. The van der Waals surface area contributed by atoms with E-state index in [1.807, 2.05) is 47.7 Å². The molecule has 0 unspecified atom stereocenters. The van der Waals surface area contributed by atoms with E-state index in [0.29, 0.717) is 28.9 Å². The standard InChI is InChI=1S/C18H19ClN4O/c1-4-24-15-8-6-5-7-14(15)21-22-18-17(12(2)3)20-16-10-9-13(19)11-23(16)18/h5-12H,4H2,1-3H3. The molecule has 0 saturated carbocycles. The number of pyridine rings is 1. The lowest BCUT2D eigenvalue weighted by atomic mass is 10.1. The number of azo groups is 1. The van der Waals surface area contributed by atoms with E-state index in [-0.39, 0.29) is 5.92 Å². The summed E-state index contributed by atoms with van der Waals surface area (Å²) in [4.78, 5) is 4.64. The van der Waals surface area contributed by atoms with Crippen molar-refractivity contribution in [1.82, 2.24) is 9.38 Å². The Labute approximate surface area is 146 Å². The highest BCUT2D eigenvalue weighted by atomic mass is 35.5. The summed E-state index contributed by atoms with van der Waals surface area (Å²) in [7, 11) is 0. The van der Waals surface area contributed by atoms with Crippen molar-refractivity contribution in [2.75, 3.05) is 6.61 Å². The van der Waals surface area contributed by atoms with Gasteiger partial charge < -0.3 is 4.74 Å². The van der Waals surface area contributed by atoms with Crippen molar-refractivity contribution in [2.45, 2.75) is 26.7 Å². The number of imidazole rings is 1. The highest BCUT2D eigenvalue weighted by Gasteiger charge is 2.15. The number of benzene rings is 1. The minimum atomic E-state index is 0.222. The lowest BCUT2D eigenvalue weighted by molar-refractivity contribution is 0.341. The van der Waals surface area contributed by atoms with Crippen molar-refractivity contribution in [2.24, 2.45) is 10.2 Å². The maximum Gasteiger partial charge on any atom is 0.183 e. The second-order valence-electron chi connectivity index (χ2n) is 5.65. The first-order valence-corrected chi connectivity index (χ1v) is 8.29. The molecule has 0 radical (unpaired) electrons. The van der Waals surface area contributed by atoms with Gasteiger partial charge in [0, 0.05) is 6.20 Å². The molecule has 0 fully saturated rings. The predicted molar refractivity (Wildman–Crippen MR) is 96.1 cm³/mol. The Morgan fingerprint density at radius 3 is 2.71 bits per heavy atom. The highest BCUT2D eigenvalue weighted by molar-refractivity contribution is 6.30. The fourth-order valence-corrected chi connectivity index (χ4v) is 2.59. The van der Waals surface area contributed by atoms with Gasteiger partial charge in [-0.3, -0.25) is 4.40 Å². The Hall–Kier alpha value is -2.40. The van der Waals surface area contributed by atoms with Crippen LogP contribution in [0.4, 0.5) is 11.5 Å². The summed E-state index contributed by atoms with van der Waals surface area (Å²) in [5.41, 5.74) is 2.37. The lowest BCUT2D eigenvalue weighted by Crippen LogP contribution is -1.91. The molecule has 0 aliphatic rings. The van der Waals surface area contributed by atoms with Gasteiger partial charge in [-0.05, 0) is 37.1 Å². The molecule has 0 aliphatic carbocycles. The fourth-order valence-electron chi connectivity index (χ4n) is 2.43. The molecule has 5 nitrogen and oxygen atoms in total. The van der Waals surface area contributed by atoms with Gasteiger partial charge in [0.1, 0.15) is 17.1 Å². The Bertz CT molecular complexity index is 886. The average molecular weight is 343 g/mol. The van der Waals surface area contributed by atoms with Gasteiger partial charge in [-0.25, -0.2) is 4.98 Å². The number of rotatable bonds is 5. The Morgan fingerprint density at radius 1 is 1.17 bits per heavy atom. The molecule has 0 saturated heterocycles. The second-order valence-corrected chi connectivity index (χ2v) is 6.09. The van der Waals surface area contributed by atoms with Crippen LogP contribution in [-0.2, 0) is 0 Å². The Balaban J connectivity index is 2.09. The molecule has 0 N–H and O–H groups in total. The molecule has 0 aliphatic heterocycles. The third-order valence-corrected chi connectivity index (χ3v) is 3.77. The molecule has 0 atom stereocenters. The van der Waals surface area contributed by atoms with Crippen molar-refractivity contribution < 1.29 is 4.74 Å². The molecule has 6 heteroatoms. The average Bonchev–Trinajstić information content (AvgIpc) is 2.92. The summed E-state index contributed by atoms with van der Waals surface area (Å²) >= 11 is 6.12. The van der Waals surface area contributed by atoms with Crippen molar-refractivity contribution in [3.63, 3.8) is 0 Å². The first kappa shape index (κ1) is 16.5. The van der Waals surface area contributed by atoms with E-state index < -0.39 is 0 Å². The molecular formula is C18H19ClN4O. The van der Waals surface area contributed by atoms with Crippen LogP contribution < -0.4 is 4.74 Å². The van der Waals surface area contributed by atoms with Gasteiger partial charge in [0.15, 0.2) is 5.82 Å². The van der Waals surface area contributed by atoms with Crippen LogP contribution in [-0.4, -0.2) is 16.0 Å². The van der Waals surface area contributed by atoms with Crippen molar-refractivity contribution in [3.8, 4) is 5.75 Å². The zero-order valence-corrected chi connectivity index (χ0v) is 14.7. The summed E-state index contributed by atoms with van der Waals surface area (Å²) in [5.74, 6) is 1.62. The monoisotopic (exact) mass is 342 g/mol. The number of fused-ring (bicyclic) bond motifs is 1. The number of nitrogens with zero attached hydrogens (tertiary/aromatic N) is 4. The Kier molecular flexibility index (Phi) is 4.81. The molecule has 3 aromatic rings. The lowest BCUT2D eigenvalue weighted by Gasteiger charge is -2.05. The van der Waals surface area contributed by atoms with Crippen LogP contribution in [0.25, 0.3) is 5.65 Å². The quantitative estimate of drug-likeness (QED) is 0.540. The predicted octanol–water partition coefficient (Wildman–Crippen LogP) is 5.93. The first-order chi connectivity index (χ1) is 11.6. The summed E-state index contributed by atoms with van der Waals surface area (Å²) in [6, 6.07) is 11.3. The highest BCUT2D eigenvalue weighted by Crippen LogP contribution is 2.33. The van der Waals surface area contributed by atoms with Crippen molar-refractivity contribution in [3.05, 3.63) is 53.3 Å². The van der Waals surface area contributed by atoms with E-state index in [0.717, 1.165) is 11.3 Å². The van der Waals surface area contributed by atoms with Crippen LogP contribution in [0.2, 0.25) is 5.02 Å². The molecule has 0 bridgehead atoms. The van der Waals surface area contributed by atoms with E-state index in [2.05, 4.69) is 29.1 Å². The van der Waals surface area contributed by atoms with Crippen LogP contribution in [0.5, 0.6) is 5.75 Å². The van der Waals surface area contributed by atoms with Crippen LogP contribution in [0.1, 0.15) is 32.4 Å². The zero-order valence-electron chi connectivity index (χ0n) is 13.9. The number of hydrogen-bond donors (Lipinski definition) is 0. The zero-order chi connectivity index (χ0) is 17.1. The number of halogens is 1. The van der Waals surface area contributed by atoms with E-state index in [1.54, 1.807) is 6.20 Å². The minimum absolute atomic E-state index is 0.222. The summed E-state index contributed by atoms with van der Waals surface area (Å²) in [6.45, 7) is 6.68. The van der Waals surface area contributed by atoms with Crippen LogP contribution in [0.15, 0.2) is 52.8 Å². The van der Waals surface area contributed by atoms with Gasteiger partial charge in [0.2, 0.25) is 0 Å². The topological polar surface area (TPSA) is 51.2 Å². The van der Waals surface area contributed by atoms with E-state index in [4.69, 9.17) is 16.3 Å². The van der Waals surface area contributed by atoms with Crippen molar-refractivity contribution in [1.29, 1.82) is 0 Å². The van der Waals surface area contributed by atoms with Gasteiger partial charge in [0.25, 0.3) is 0 Å². The molecule has 2 heterocycles. The number of aromatic nitrogens is 2. The van der Waals surface area contributed by atoms with E-state index in [9.17, 15) is 0 Å². The maximum atomic E-state index is 6.12. The normalized spacial score (nSPS) is 11.7. The molecule has 2 aromatic heterocycles. The number of para-hydroxylation sites is 1. The third kappa shape index (κ3) is 3.26. The molecular weight excluding hydrogens is 324 g/mol. The summed E-state index contributed by atoms with van der Waals surface area (Å²) in [5, 5.41) is 9.47. The van der Waals surface area contributed by atoms with Gasteiger partial charge in [-0.2, -0.15) is 0 Å². The SMILES string of the molecule is CCOc1ccccc1N=Nc1c(C(C)C)nc2ccc(Cl)cn12. The first-order valence-electron chi connectivity index (χ1n) is 7.91. The third-order valence-electron chi connectivity index (χ3n) is 3.55. The summed E-state index contributed by atoms with van der Waals surface area (Å²) < 4.78 is 7.46. The Morgan fingerprint density at radius 2 is 1.96 bits per heavy atom. The van der Waals surface area contributed by atoms with E-state index in [1.165, 1.54) is 0 Å². The molecule has 0 amide bonds. The maximum absolute atomic E-state index is 6.12. The largest absolute Gasteiger partial charge is 0.492 e. The van der Waals surface area contributed by atoms with Gasteiger partial charge in [0.05, 0.1) is 17.3 Å². The number of hydrogen-bond acceptors (Lipinski definition) is 4. The molecule has 1 aromatic carbocycles.